The van der Waals surface area contributed by atoms with Gasteiger partial charge in [-0.1, -0.05) is 26.0 Å². The summed E-state index contributed by atoms with van der Waals surface area (Å²) in [4.78, 5) is 2.13. The summed E-state index contributed by atoms with van der Waals surface area (Å²) in [6.45, 7) is 5.53. The summed E-state index contributed by atoms with van der Waals surface area (Å²) in [6, 6.07) is 8.31. The molecule has 1 aromatic rings. The van der Waals surface area contributed by atoms with Crippen molar-refractivity contribution in [3.8, 4) is 0 Å². The van der Waals surface area contributed by atoms with E-state index >= 15 is 0 Å². The van der Waals surface area contributed by atoms with E-state index in [4.69, 9.17) is 16.3 Å². The highest BCUT2D eigenvalue weighted by Crippen LogP contribution is 2.13. The Morgan fingerprint density at radius 2 is 1.75 bits per heavy atom. The second-order valence-electron chi connectivity index (χ2n) is 3.21. The molecule has 0 bridgehead atoms. The SMILES string of the molecule is CC.COCc1ccc(N(C)CCCl)cc1. The molecule has 92 valence electrons. The lowest BCUT2D eigenvalue weighted by Crippen LogP contribution is -2.19. The molecule has 1 rings (SSSR count). The molecule has 1 aromatic carbocycles. The predicted molar refractivity (Wildman–Crippen MR) is 72.5 cm³/mol. The summed E-state index contributed by atoms with van der Waals surface area (Å²) in [7, 11) is 3.74. The van der Waals surface area contributed by atoms with Gasteiger partial charge in [-0.3, -0.25) is 0 Å². The van der Waals surface area contributed by atoms with Crippen molar-refractivity contribution in [2.75, 3.05) is 31.5 Å². The number of ether oxygens (including phenoxy) is 1. The fraction of sp³-hybridized carbons (Fsp3) is 0.538. The van der Waals surface area contributed by atoms with Crippen molar-refractivity contribution < 1.29 is 4.74 Å². The Morgan fingerprint density at radius 3 is 2.19 bits per heavy atom. The second kappa shape index (κ2) is 9.49. The number of nitrogens with zero attached hydrogens (tertiary/aromatic N) is 1. The first-order valence-corrected chi connectivity index (χ1v) is 6.16. The van der Waals surface area contributed by atoms with Crippen LogP contribution in [0.3, 0.4) is 0 Å². The van der Waals surface area contributed by atoms with E-state index in [9.17, 15) is 0 Å². The van der Waals surface area contributed by atoms with Gasteiger partial charge in [0.05, 0.1) is 6.61 Å². The van der Waals surface area contributed by atoms with Crippen molar-refractivity contribution in [3.05, 3.63) is 29.8 Å². The van der Waals surface area contributed by atoms with Crippen LogP contribution in [0.25, 0.3) is 0 Å². The van der Waals surface area contributed by atoms with Crippen LogP contribution in [0.2, 0.25) is 0 Å². The summed E-state index contributed by atoms with van der Waals surface area (Å²) >= 11 is 5.67. The molecule has 0 aliphatic heterocycles. The Hall–Kier alpha value is -0.730. The highest BCUT2D eigenvalue weighted by atomic mass is 35.5. The smallest absolute Gasteiger partial charge is 0.0713 e. The molecule has 2 nitrogen and oxygen atoms in total. The van der Waals surface area contributed by atoms with Crippen molar-refractivity contribution in [1.82, 2.24) is 0 Å². The van der Waals surface area contributed by atoms with Gasteiger partial charge in [0.2, 0.25) is 0 Å². The minimum Gasteiger partial charge on any atom is -0.380 e. The van der Waals surface area contributed by atoms with Gasteiger partial charge in [-0.2, -0.15) is 0 Å². The molecule has 0 aromatic heterocycles. The zero-order chi connectivity index (χ0) is 12.4. The molecule has 0 aliphatic carbocycles. The number of hydrogen-bond donors (Lipinski definition) is 0. The number of methoxy groups -OCH3 is 1. The van der Waals surface area contributed by atoms with Crippen LogP contribution >= 0.6 is 11.6 Å². The number of anilines is 1. The van der Waals surface area contributed by atoms with Gasteiger partial charge >= 0.3 is 0 Å². The molecule has 0 aliphatic rings. The molecule has 16 heavy (non-hydrogen) atoms. The van der Waals surface area contributed by atoms with Crippen LogP contribution in [0.5, 0.6) is 0 Å². The van der Waals surface area contributed by atoms with Crippen LogP contribution in [0, 0.1) is 0 Å². The lowest BCUT2D eigenvalue weighted by Gasteiger charge is -2.17. The fourth-order valence-corrected chi connectivity index (χ4v) is 1.52. The second-order valence-corrected chi connectivity index (χ2v) is 3.59. The van der Waals surface area contributed by atoms with Crippen LogP contribution < -0.4 is 4.90 Å². The van der Waals surface area contributed by atoms with E-state index in [1.54, 1.807) is 7.11 Å². The number of hydrogen-bond acceptors (Lipinski definition) is 2. The maximum Gasteiger partial charge on any atom is 0.0713 e. The highest BCUT2D eigenvalue weighted by Gasteiger charge is 1.99. The van der Waals surface area contributed by atoms with Gasteiger partial charge in [0, 0.05) is 32.3 Å². The molecule has 0 saturated heterocycles. The quantitative estimate of drug-likeness (QED) is 0.734. The van der Waals surface area contributed by atoms with Crippen molar-refractivity contribution in [2.45, 2.75) is 20.5 Å². The van der Waals surface area contributed by atoms with E-state index in [-0.39, 0.29) is 0 Å². The third kappa shape index (κ3) is 5.38. The van der Waals surface area contributed by atoms with Gasteiger partial charge in [0.25, 0.3) is 0 Å². The average molecular weight is 244 g/mol. The largest absolute Gasteiger partial charge is 0.380 e. The molecule has 0 fully saturated rings. The van der Waals surface area contributed by atoms with Crippen LogP contribution in [-0.2, 0) is 11.3 Å². The van der Waals surface area contributed by atoms with E-state index in [1.807, 2.05) is 20.9 Å². The highest BCUT2D eigenvalue weighted by molar-refractivity contribution is 6.18. The third-order valence-electron chi connectivity index (χ3n) is 2.11. The Kier molecular flexibility index (Phi) is 9.06. The molecular formula is C13H22ClNO. The summed E-state index contributed by atoms with van der Waals surface area (Å²) in [5, 5.41) is 0. The average Bonchev–Trinajstić information content (AvgIpc) is 2.33. The topological polar surface area (TPSA) is 12.5 Å². The van der Waals surface area contributed by atoms with Gasteiger partial charge in [-0.15, -0.1) is 11.6 Å². The number of rotatable bonds is 5. The van der Waals surface area contributed by atoms with Crippen LogP contribution in [0.4, 0.5) is 5.69 Å². The maximum atomic E-state index is 5.67. The molecule has 0 radical (unpaired) electrons. The molecule has 3 heteroatoms. The number of benzene rings is 1. The normalized spacial score (nSPS) is 9.31. The van der Waals surface area contributed by atoms with E-state index in [2.05, 4.69) is 29.2 Å². The molecule has 0 unspecified atom stereocenters. The van der Waals surface area contributed by atoms with Gasteiger partial charge in [0.1, 0.15) is 0 Å². The fourth-order valence-electron chi connectivity index (χ4n) is 1.27. The third-order valence-corrected chi connectivity index (χ3v) is 2.28. The standard InChI is InChI=1S/C11H16ClNO.C2H6/c1-13(8-7-12)11-5-3-10(4-6-11)9-14-2;1-2/h3-6H,7-9H2,1-2H3;1-2H3. The Balaban J connectivity index is 0.00000106. The van der Waals surface area contributed by atoms with Crippen molar-refractivity contribution in [2.24, 2.45) is 0 Å². The first-order chi connectivity index (χ1) is 7.77. The minimum atomic E-state index is 0.649. The van der Waals surface area contributed by atoms with Gasteiger partial charge < -0.3 is 9.64 Å². The Morgan fingerprint density at radius 1 is 1.19 bits per heavy atom. The summed E-state index contributed by atoms with van der Waals surface area (Å²) in [6.07, 6.45) is 0. The van der Waals surface area contributed by atoms with Crippen LogP contribution in [0.1, 0.15) is 19.4 Å². The maximum absolute atomic E-state index is 5.67. The van der Waals surface area contributed by atoms with E-state index in [0.29, 0.717) is 12.5 Å². The Labute approximate surface area is 104 Å². The van der Waals surface area contributed by atoms with Crippen molar-refractivity contribution >= 4 is 17.3 Å². The minimum absolute atomic E-state index is 0.649. The van der Waals surface area contributed by atoms with E-state index in [0.717, 1.165) is 6.54 Å². The zero-order valence-electron chi connectivity index (χ0n) is 10.7. The lowest BCUT2D eigenvalue weighted by atomic mass is 10.2. The zero-order valence-corrected chi connectivity index (χ0v) is 11.4. The number of alkyl halides is 1. The first kappa shape index (κ1) is 15.3. The first-order valence-electron chi connectivity index (χ1n) is 5.63. The monoisotopic (exact) mass is 243 g/mol. The Bertz CT molecular complexity index is 261. The predicted octanol–water partition coefficient (Wildman–Crippen LogP) is 3.53. The van der Waals surface area contributed by atoms with Crippen molar-refractivity contribution in [3.63, 3.8) is 0 Å². The van der Waals surface area contributed by atoms with E-state index < -0.39 is 0 Å². The van der Waals surface area contributed by atoms with E-state index in [1.165, 1.54) is 11.3 Å². The summed E-state index contributed by atoms with van der Waals surface area (Å²) < 4.78 is 5.04. The van der Waals surface area contributed by atoms with Gasteiger partial charge in [-0.25, -0.2) is 0 Å². The molecule has 0 N–H and O–H groups in total. The van der Waals surface area contributed by atoms with Crippen molar-refractivity contribution in [1.29, 1.82) is 0 Å². The molecule has 0 saturated carbocycles. The molecule has 0 spiro atoms. The molecular weight excluding hydrogens is 222 g/mol. The summed E-state index contributed by atoms with van der Waals surface area (Å²) in [5.74, 6) is 0.649. The van der Waals surface area contributed by atoms with Crippen LogP contribution in [0.15, 0.2) is 24.3 Å². The molecule has 0 heterocycles. The molecule has 0 amide bonds. The lowest BCUT2D eigenvalue weighted by molar-refractivity contribution is 0.185. The van der Waals surface area contributed by atoms with Crippen LogP contribution in [-0.4, -0.2) is 26.6 Å². The molecule has 0 atom stereocenters. The number of halogens is 1. The van der Waals surface area contributed by atoms with Gasteiger partial charge in [0.15, 0.2) is 0 Å². The van der Waals surface area contributed by atoms with Gasteiger partial charge in [-0.05, 0) is 17.7 Å². The summed E-state index contributed by atoms with van der Waals surface area (Å²) in [5.41, 5.74) is 2.38.